The average molecular weight is 350 g/mol. The summed E-state index contributed by atoms with van der Waals surface area (Å²) in [6.07, 6.45) is 1.66. The third-order valence-electron chi connectivity index (χ3n) is 4.03. The quantitative estimate of drug-likeness (QED) is 0.883. The minimum absolute atomic E-state index is 0.123. The number of nitrogens with zero attached hydrogens (tertiary/aromatic N) is 2. The third-order valence-corrected chi connectivity index (χ3v) is 4.26. The summed E-state index contributed by atoms with van der Waals surface area (Å²) in [5.41, 5.74) is 0.444. The second-order valence-electron chi connectivity index (χ2n) is 5.74. The Hall–Kier alpha value is -2.26. The summed E-state index contributed by atoms with van der Waals surface area (Å²) < 4.78 is 5.25. The lowest BCUT2D eigenvalue weighted by Crippen LogP contribution is -2.43. The summed E-state index contributed by atoms with van der Waals surface area (Å²) in [6, 6.07) is 6.79. The van der Waals surface area contributed by atoms with Crippen LogP contribution in [0, 0.1) is 17.2 Å². The van der Waals surface area contributed by atoms with Gasteiger partial charge >= 0.3 is 0 Å². The van der Waals surface area contributed by atoms with Gasteiger partial charge in [-0.3, -0.25) is 9.59 Å². The molecule has 1 heterocycles. The van der Waals surface area contributed by atoms with Gasteiger partial charge in [0.1, 0.15) is 12.2 Å². The van der Waals surface area contributed by atoms with E-state index in [1.807, 2.05) is 6.07 Å². The number of hydrogen-bond acceptors (Lipinski definition) is 4. The maximum absolute atomic E-state index is 12.8. The van der Waals surface area contributed by atoms with E-state index in [0.29, 0.717) is 36.0 Å². The molecular weight excluding hydrogens is 330 g/mol. The van der Waals surface area contributed by atoms with Crippen molar-refractivity contribution in [2.24, 2.45) is 5.92 Å². The molecule has 7 heteroatoms. The molecule has 0 unspecified atom stereocenters. The highest BCUT2D eigenvalue weighted by molar-refractivity contribution is 6.31. The molecule has 0 spiro atoms. The van der Waals surface area contributed by atoms with E-state index in [4.69, 9.17) is 21.6 Å². The molecule has 1 N–H and O–H groups in total. The van der Waals surface area contributed by atoms with Gasteiger partial charge in [-0.1, -0.05) is 11.6 Å². The molecule has 128 valence electrons. The Morgan fingerprint density at radius 3 is 3.00 bits per heavy atom. The number of carbonyl (C=O) groups is 2. The van der Waals surface area contributed by atoms with Crippen molar-refractivity contribution in [2.45, 2.75) is 19.3 Å². The predicted octanol–water partition coefficient (Wildman–Crippen LogP) is 2.23. The average Bonchev–Trinajstić information content (AvgIpc) is 2.60. The fraction of sp³-hybridized carbons (Fsp3) is 0.471. The minimum atomic E-state index is -0.280. The Morgan fingerprint density at radius 2 is 2.29 bits per heavy atom. The maximum atomic E-state index is 12.8. The molecule has 0 aliphatic carbocycles. The summed E-state index contributed by atoms with van der Waals surface area (Å²) in [7, 11) is 1.52. The van der Waals surface area contributed by atoms with Crippen molar-refractivity contribution in [1.29, 1.82) is 5.26 Å². The molecule has 0 saturated carbocycles. The summed E-state index contributed by atoms with van der Waals surface area (Å²) >= 11 is 6.00. The van der Waals surface area contributed by atoms with Gasteiger partial charge < -0.3 is 15.0 Å². The number of amides is 2. The maximum Gasteiger partial charge on any atom is 0.257 e. The fourth-order valence-corrected chi connectivity index (χ4v) is 3.00. The van der Waals surface area contributed by atoms with Crippen molar-refractivity contribution in [3.63, 3.8) is 0 Å². The van der Waals surface area contributed by atoms with E-state index in [9.17, 15) is 9.59 Å². The molecule has 24 heavy (non-hydrogen) atoms. The van der Waals surface area contributed by atoms with Crippen LogP contribution in [0.2, 0.25) is 5.02 Å². The molecular formula is C17H20ClN3O3. The van der Waals surface area contributed by atoms with Gasteiger partial charge in [0.05, 0.1) is 18.7 Å². The molecule has 1 aromatic carbocycles. The van der Waals surface area contributed by atoms with Crippen LogP contribution in [0.1, 0.15) is 29.6 Å². The molecule has 0 bridgehead atoms. The Balaban J connectivity index is 2.01. The molecule has 2 rings (SSSR count). The Bertz CT molecular complexity index is 657. The summed E-state index contributed by atoms with van der Waals surface area (Å²) in [5.74, 6) is 0.268. The highest BCUT2D eigenvalue weighted by Gasteiger charge is 2.26. The Kier molecular flexibility index (Phi) is 6.44. The standard InChI is InChI=1S/C17H20ClN3O3/c1-24-15-5-4-13(18)9-14(15)17(23)21-8-2-3-12(11-21)10-20-16(22)6-7-19/h4-5,9,12H,2-3,6,8,10-11H2,1H3,(H,20,22)/t12-/m1/s1. The van der Waals surface area contributed by atoms with Crippen LogP contribution in [-0.4, -0.2) is 43.5 Å². The van der Waals surface area contributed by atoms with Gasteiger partial charge in [-0.25, -0.2) is 0 Å². The SMILES string of the molecule is COc1ccc(Cl)cc1C(=O)N1CCC[C@H](CNC(=O)CC#N)C1. The molecule has 0 radical (unpaired) electrons. The number of ether oxygens (including phenoxy) is 1. The highest BCUT2D eigenvalue weighted by atomic mass is 35.5. The highest BCUT2D eigenvalue weighted by Crippen LogP contribution is 2.26. The zero-order chi connectivity index (χ0) is 17.5. The molecule has 6 nitrogen and oxygen atoms in total. The van der Waals surface area contributed by atoms with Crippen LogP contribution in [0.5, 0.6) is 5.75 Å². The van der Waals surface area contributed by atoms with E-state index >= 15 is 0 Å². The van der Waals surface area contributed by atoms with Gasteiger partial charge in [-0.05, 0) is 37.0 Å². The van der Waals surface area contributed by atoms with Gasteiger partial charge in [0, 0.05) is 24.7 Å². The number of halogens is 1. The molecule has 1 aromatic rings. The molecule has 1 aliphatic heterocycles. The predicted molar refractivity (Wildman–Crippen MR) is 89.9 cm³/mol. The first-order valence-corrected chi connectivity index (χ1v) is 8.19. The number of piperidine rings is 1. The molecule has 1 saturated heterocycles. The number of benzene rings is 1. The topological polar surface area (TPSA) is 82.4 Å². The number of rotatable bonds is 5. The van der Waals surface area contributed by atoms with Crippen molar-refractivity contribution in [2.75, 3.05) is 26.7 Å². The van der Waals surface area contributed by atoms with E-state index in [1.165, 1.54) is 7.11 Å². The van der Waals surface area contributed by atoms with Gasteiger partial charge in [-0.2, -0.15) is 5.26 Å². The van der Waals surface area contributed by atoms with Gasteiger partial charge in [0.25, 0.3) is 5.91 Å². The van der Waals surface area contributed by atoms with Crippen molar-refractivity contribution in [1.82, 2.24) is 10.2 Å². The van der Waals surface area contributed by atoms with Gasteiger partial charge in [-0.15, -0.1) is 0 Å². The van der Waals surface area contributed by atoms with Crippen molar-refractivity contribution < 1.29 is 14.3 Å². The zero-order valence-electron chi connectivity index (χ0n) is 13.5. The van der Waals surface area contributed by atoms with Crippen LogP contribution in [0.15, 0.2) is 18.2 Å². The van der Waals surface area contributed by atoms with Crippen LogP contribution in [0.3, 0.4) is 0 Å². The molecule has 1 atom stereocenters. The lowest BCUT2D eigenvalue weighted by molar-refractivity contribution is -0.120. The van der Waals surface area contributed by atoms with E-state index in [0.717, 1.165) is 12.8 Å². The number of likely N-dealkylation sites (tertiary alicyclic amines) is 1. The monoisotopic (exact) mass is 349 g/mol. The second-order valence-corrected chi connectivity index (χ2v) is 6.18. The summed E-state index contributed by atoms with van der Waals surface area (Å²) in [4.78, 5) is 25.9. The van der Waals surface area contributed by atoms with E-state index in [1.54, 1.807) is 23.1 Å². The normalized spacial score (nSPS) is 17.0. The number of nitriles is 1. The third kappa shape index (κ3) is 4.62. The Morgan fingerprint density at radius 1 is 1.50 bits per heavy atom. The smallest absolute Gasteiger partial charge is 0.257 e. The van der Waals surface area contributed by atoms with E-state index in [2.05, 4.69) is 5.32 Å². The Labute approximate surface area is 146 Å². The van der Waals surface area contributed by atoms with Crippen LogP contribution in [0.25, 0.3) is 0 Å². The van der Waals surface area contributed by atoms with Crippen LogP contribution in [0.4, 0.5) is 0 Å². The second kappa shape index (κ2) is 8.55. The van der Waals surface area contributed by atoms with Crippen molar-refractivity contribution in [3.05, 3.63) is 28.8 Å². The van der Waals surface area contributed by atoms with Gasteiger partial charge in [0.2, 0.25) is 5.91 Å². The van der Waals surface area contributed by atoms with E-state index < -0.39 is 0 Å². The van der Waals surface area contributed by atoms with Crippen molar-refractivity contribution in [3.8, 4) is 11.8 Å². The first-order valence-electron chi connectivity index (χ1n) is 7.81. The zero-order valence-corrected chi connectivity index (χ0v) is 14.3. The van der Waals surface area contributed by atoms with Gasteiger partial charge in [0.15, 0.2) is 0 Å². The van der Waals surface area contributed by atoms with Crippen LogP contribution in [-0.2, 0) is 4.79 Å². The summed E-state index contributed by atoms with van der Waals surface area (Å²) in [6.45, 7) is 1.69. The first kappa shape index (κ1) is 18.1. The molecule has 0 aromatic heterocycles. The number of hydrogen-bond donors (Lipinski definition) is 1. The molecule has 1 aliphatic rings. The molecule has 1 fully saturated rings. The summed E-state index contributed by atoms with van der Waals surface area (Å²) in [5, 5.41) is 11.7. The van der Waals surface area contributed by atoms with Crippen LogP contribution >= 0.6 is 11.6 Å². The lowest BCUT2D eigenvalue weighted by atomic mass is 9.97. The van der Waals surface area contributed by atoms with Crippen molar-refractivity contribution >= 4 is 23.4 Å². The van der Waals surface area contributed by atoms with Crippen LogP contribution < -0.4 is 10.1 Å². The number of methoxy groups -OCH3 is 1. The number of carbonyl (C=O) groups excluding carboxylic acids is 2. The lowest BCUT2D eigenvalue weighted by Gasteiger charge is -2.33. The molecule has 2 amide bonds. The fourth-order valence-electron chi connectivity index (χ4n) is 2.83. The largest absolute Gasteiger partial charge is 0.496 e. The number of nitrogens with one attached hydrogen (secondary N) is 1. The minimum Gasteiger partial charge on any atom is -0.496 e. The first-order chi connectivity index (χ1) is 11.5. The van der Waals surface area contributed by atoms with E-state index in [-0.39, 0.29) is 24.2 Å².